The molecule has 0 aromatic heterocycles. The van der Waals surface area contributed by atoms with Crippen molar-refractivity contribution in [3.63, 3.8) is 0 Å². The predicted molar refractivity (Wildman–Crippen MR) is 75.3 cm³/mol. The minimum atomic E-state index is -0.691. The minimum absolute atomic E-state index is 0.0264. The van der Waals surface area contributed by atoms with E-state index in [-0.39, 0.29) is 37.1 Å². The van der Waals surface area contributed by atoms with Gasteiger partial charge in [-0.25, -0.2) is 4.79 Å². The second kappa shape index (κ2) is 6.10. The number of urea groups is 1. The molecule has 3 amide bonds. The molecule has 1 saturated heterocycles. The molecule has 6 nitrogen and oxygen atoms in total. The Bertz CT molecular complexity index is 379. The number of hydrogen-bond acceptors (Lipinski definition) is 4. The van der Waals surface area contributed by atoms with E-state index in [4.69, 9.17) is 4.74 Å². The van der Waals surface area contributed by atoms with Gasteiger partial charge in [0.15, 0.2) is 0 Å². The Morgan fingerprint density at radius 1 is 1.20 bits per heavy atom. The maximum atomic E-state index is 12.1. The van der Waals surface area contributed by atoms with Crippen LogP contribution in [-0.4, -0.2) is 65.3 Å². The maximum Gasteiger partial charge on any atom is 0.327 e. The third kappa shape index (κ3) is 3.70. The van der Waals surface area contributed by atoms with Gasteiger partial charge in [-0.1, -0.05) is 13.8 Å². The molecule has 0 atom stereocenters. The molecule has 1 N–H and O–H groups in total. The first-order chi connectivity index (χ1) is 9.14. The maximum absolute atomic E-state index is 12.1. The van der Waals surface area contributed by atoms with E-state index in [1.165, 1.54) is 9.80 Å². The number of ether oxygens (including phenoxy) is 1. The summed E-state index contributed by atoms with van der Waals surface area (Å²) in [7, 11) is 0. The van der Waals surface area contributed by atoms with Crippen molar-refractivity contribution < 1.29 is 19.4 Å². The van der Waals surface area contributed by atoms with Crippen molar-refractivity contribution in [3.8, 4) is 0 Å². The van der Waals surface area contributed by atoms with Gasteiger partial charge in [-0.15, -0.1) is 0 Å². The van der Waals surface area contributed by atoms with E-state index < -0.39 is 5.54 Å². The van der Waals surface area contributed by atoms with E-state index >= 15 is 0 Å². The SMILES string of the molecule is CCN1CC(=O)N(C(C)(C)COCC(C)(C)CO)C1=O. The molecule has 0 aromatic carbocycles. The molecular weight excluding hydrogens is 260 g/mol. The predicted octanol–water partition coefficient (Wildman–Crippen LogP) is 1.08. The highest BCUT2D eigenvalue weighted by Crippen LogP contribution is 2.23. The molecule has 0 spiro atoms. The number of carbonyl (C=O) groups is 2. The zero-order valence-corrected chi connectivity index (χ0v) is 13.1. The molecule has 0 aliphatic carbocycles. The largest absolute Gasteiger partial charge is 0.396 e. The fourth-order valence-corrected chi connectivity index (χ4v) is 2.08. The molecule has 1 aliphatic heterocycles. The Hall–Kier alpha value is -1.14. The normalized spacial score (nSPS) is 17.3. The van der Waals surface area contributed by atoms with Crippen LogP contribution in [0.1, 0.15) is 34.6 Å². The summed E-state index contributed by atoms with van der Waals surface area (Å²) in [5.41, 5.74) is -1.02. The summed E-state index contributed by atoms with van der Waals surface area (Å²) in [5, 5.41) is 9.18. The Morgan fingerprint density at radius 2 is 1.80 bits per heavy atom. The standard InChI is InChI=1S/C14H26N2O4/c1-6-15-7-11(18)16(12(15)19)14(4,5)10-20-9-13(2,3)8-17/h17H,6-10H2,1-5H3. The molecule has 0 unspecified atom stereocenters. The van der Waals surface area contributed by atoms with Crippen molar-refractivity contribution in [3.05, 3.63) is 0 Å². The second-order valence-corrected chi connectivity index (χ2v) is 6.65. The topological polar surface area (TPSA) is 70.1 Å². The van der Waals surface area contributed by atoms with E-state index in [0.717, 1.165) is 0 Å². The fraction of sp³-hybridized carbons (Fsp3) is 0.857. The first kappa shape index (κ1) is 16.9. The zero-order valence-electron chi connectivity index (χ0n) is 13.1. The second-order valence-electron chi connectivity index (χ2n) is 6.65. The summed E-state index contributed by atoms with van der Waals surface area (Å²) >= 11 is 0. The Morgan fingerprint density at radius 3 is 2.25 bits per heavy atom. The third-order valence-corrected chi connectivity index (χ3v) is 3.40. The lowest BCUT2D eigenvalue weighted by Crippen LogP contribution is -2.51. The van der Waals surface area contributed by atoms with Crippen LogP contribution in [0, 0.1) is 5.41 Å². The number of hydrogen-bond donors (Lipinski definition) is 1. The number of likely N-dealkylation sites (N-methyl/N-ethyl adjacent to an activating group) is 1. The quantitative estimate of drug-likeness (QED) is 0.711. The molecule has 116 valence electrons. The summed E-state index contributed by atoms with van der Waals surface area (Å²) in [4.78, 5) is 26.9. The monoisotopic (exact) mass is 286 g/mol. The Labute approximate surface area is 120 Å². The smallest absolute Gasteiger partial charge is 0.327 e. The van der Waals surface area contributed by atoms with E-state index in [1.807, 2.05) is 34.6 Å². The van der Waals surface area contributed by atoms with Crippen molar-refractivity contribution in [1.82, 2.24) is 9.80 Å². The first-order valence-electron chi connectivity index (χ1n) is 6.95. The highest BCUT2D eigenvalue weighted by Gasteiger charge is 2.44. The molecule has 1 aliphatic rings. The highest BCUT2D eigenvalue weighted by atomic mass is 16.5. The van der Waals surface area contributed by atoms with Gasteiger partial charge in [-0.05, 0) is 20.8 Å². The van der Waals surface area contributed by atoms with Gasteiger partial charge in [0.1, 0.15) is 6.54 Å². The van der Waals surface area contributed by atoms with Crippen LogP contribution in [0.25, 0.3) is 0 Å². The average Bonchev–Trinajstić information content (AvgIpc) is 2.64. The van der Waals surface area contributed by atoms with Gasteiger partial charge in [-0.3, -0.25) is 9.69 Å². The lowest BCUT2D eigenvalue weighted by molar-refractivity contribution is -0.131. The van der Waals surface area contributed by atoms with Crippen molar-refractivity contribution >= 4 is 11.9 Å². The molecule has 0 saturated carbocycles. The number of carbonyl (C=O) groups excluding carboxylic acids is 2. The van der Waals surface area contributed by atoms with Gasteiger partial charge in [0.2, 0.25) is 0 Å². The molecule has 1 rings (SSSR count). The number of aliphatic hydroxyl groups is 1. The van der Waals surface area contributed by atoms with Gasteiger partial charge >= 0.3 is 6.03 Å². The molecule has 6 heteroatoms. The summed E-state index contributed by atoms with van der Waals surface area (Å²) in [6, 6.07) is -0.257. The van der Waals surface area contributed by atoms with Crippen LogP contribution in [0.3, 0.4) is 0 Å². The van der Waals surface area contributed by atoms with Crippen molar-refractivity contribution in [2.24, 2.45) is 5.41 Å². The summed E-state index contributed by atoms with van der Waals surface area (Å²) < 4.78 is 5.61. The van der Waals surface area contributed by atoms with Crippen LogP contribution < -0.4 is 0 Å². The van der Waals surface area contributed by atoms with Crippen LogP contribution in [0.2, 0.25) is 0 Å². The van der Waals surface area contributed by atoms with Crippen LogP contribution in [0.5, 0.6) is 0 Å². The Balaban J connectivity index is 2.64. The van der Waals surface area contributed by atoms with Crippen LogP contribution >= 0.6 is 0 Å². The number of rotatable bonds is 7. The summed E-state index contributed by atoms with van der Waals surface area (Å²) in [6.45, 7) is 10.6. The molecule has 1 heterocycles. The lowest BCUT2D eigenvalue weighted by atomic mass is 9.96. The molecule has 1 fully saturated rings. The van der Waals surface area contributed by atoms with E-state index in [9.17, 15) is 14.7 Å². The van der Waals surface area contributed by atoms with Gasteiger partial charge in [0.25, 0.3) is 5.91 Å². The van der Waals surface area contributed by atoms with Crippen LogP contribution in [-0.2, 0) is 9.53 Å². The number of nitrogens with zero attached hydrogens (tertiary/aromatic N) is 2. The average molecular weight is 286 g/mol. The van der Waals surface area contributed by atoms with E-state index in [1.54, 1.807) is 0 Å². The summed E-state index contributed by atoms with van der Waals surface area (Å²) in [5.74, 6) is -0.188. The highest BCUT2D eigenvalue weighted by molar-refractivity contribution is 6.02. The molecule has 20 heavy (non-hydrogen) atoms. The molecule has 0 radical (unpaired) electrons. The van der Waals surface area contributed by atoms with Gasteiger partial charge in [-0.2, -0.15) is 0 Å². The van der Waals surface area contributed by atoms with Crippen LogP contribution in [0.15, 0.2) is 0 Å². The van der Waals surface area contributed by atoms with Gasteiger partial charge in [0, 0.05) is 12.0 Å². The van der Waals surface area contributed by atoms with E-state index in [2.05, 4.69) is 0 Å². The van der Waals surface area contributed by atoms with Crippen molar-refractivity contribution in [2.45, 2.75) is 40.2 Å². The Kier molecular flexibility index (Phi) is 5.15. The summed E-state index contributed by atoms with van der Waals surface area (Å²) in [6.07, 6.45) is 0. The van der Waals surface area contributed by atoms with Gasteiger partial charge < -0.3 is 14.7 Å². The third-order valence-electron chi connectivity index (χ3n) is 3.40. The first-order valence-corrected chi connectivity index (χ1v) is 6.95. The molecular formula is C14H26N2O4. The minimum Gasteiger partial charge on any atom is -0.396 e. The molecule has 0 bridgehead atoms. The van der Waals surface area contributed by atoms with Crippen molar-refractivity contribution in [2.75, 3.05) is 32.9 Å². The van der Waals surface area contributed by atoms with Gasteiger partial charge in [0.05, 0.1) is 25.4 Å². The number of imide groups is 1. The van der Waals surface area contributed by atoms with E-state index in [0.29, 0.717) is 13.2 Å². The number of amides is 3. The lowest BCUT2D eigenvalue weighted by Gasteiger charge is -2.34. The molecule has 0 aromatic rings. The van der Waals surface area contributed by atoms with Crippen LogP contribution in [0.4, 0.5) is 4.79 Å². The fourth-order valence-electron chi connectivity index (χ4n) is 2.08. The van der Waals surface area contributed by atoms with Crippen molar-refractivity contribution in [1.29, 1.82) is 0 Å². The number of aliphatic hydroxyl groups excluding tert-OH is 1. The zero-order chi connectivity index (χ0) is 15.6.